The van der Waals surface area contributed by atoms with Crippen LogP contribution in [-0.4, -0.2) is 21.3 Å². The van der Waals surface area contributed by atoms with Crippen LogP contribution in [0.25, 0.3) is 21.9 Å². The molecular weight excluding hydrogens is 346 g/mol. The molecule has 0 atom stereocenters. The lowest BCUT2D eigenvalue weighted by Gasteiger charge is -2.15. The number of thioether (sulfide) groups is 1. The molecule has 25 heavy (non-hydrogen) atoms. The van der Waals surface area contributed by atoms with Crippen LogP contribution in [0, 0.1) is 11.3 Å². The lowest BCUT2D eigenvalue weighted by atomic mass is 9.96. The van der Waals surface area contributed by atoms with Gasteiger partial charge in [0.15, 0.2) is 0 Å². The van der Waals surface area contributed by atoms with Crippen molar-refractivity contribution >= 4 is 28.5 Å². The highest BCUT2D eigenvalue weighted by Gasteiger charge is 2.41. The van der Waals surface area contributed by atoms with Crippen LogP contribution >= 0.6 is 11.8 Å². The summed E-state index contributed by atoms with van der Waals surface area (Å²) >= 11 is -0.0664. The van der Waals surface area contributed by atoms with Gasteiger partial charge in [0, 0.05) is 22.7 Å². The van der Waals surface area contributed by atoms with Crippen LogP contribution in [0.1, 0.15) is 5.56 Å². The fourth-order valence-electron chi connectivity index (χ4n) is 2.50. The van der Waals surface area contributed by atoms with E-state index in [1.807, 2.05) is 0 Å². The van der Waals surface area contributed by atoms with Crippen molar-refractivity contribution in [3.8, 4) is 17.2 Å². The van der Waals surface area contributed by atoms with Crippen LogP contribution < -0.4 is 0 Å². The second-order valence-corrected chi connectivity index (χ2v) is 6.27. The normalized spacial score (nSPS) is 11.2. The topological polar surface area (TPSA) is 74.0 Å². The second-order valence-electron chi connectivity index (χ2n) is 5.11. The molecule has 0 fully saturated rings. The number of aliphatic carboxylic acids is 1. The third-order valence-electron chi connectivity index (χ3n) is 3.61. The van der Waals surface area contributed by atoms with E-state index in [4.69, 9.17) is 5.11 Å². The number of nitrogens with zero attached hydrogens (tertiary/aromatic N) is 2. The van der Waals surface area contributed by atoms with E-state index in [1.54, 1.807) is 42.5 Å². The smallest absolute Gasteiger partial charge is 0.393 e. The van der Waals surface area contributed by atoms with Gasteiger partial charge in [0.25, 0.3) is 0 Å². The van der Waals surface area contributed by atoms with E-state index >= 15 is 0 Å². The van der Waals surface area contributed by atoms with Crippen molar-refractivity contribution in [2.75, 3.05) is 0 Å². The van der Waals surface area contributed by atoms with Crippen molar-refractivity contribution < 1.29 is 18.7 Å². The number of rotatable bonds is 4. The summed E-state index contributed by atoms with van der Waals surface area (Å²) in [5, 5.41) is 15.4. The maximum Gasteiger partial charge on any atom is 0.393 e. The molecule has 0 bridgehead atoms. The van der Waals surface area contributed by atoms with Crippen molar-refractivity contribution in [1.82, 2.24) is 4.98 Å². The first-order chi connectivity index (χ1) is 11.9. The number of fused-ring (bicyclic) bond motifs is 1. The minimum atomic E-state index is -3.97. The Hall–Kier alpha value is -2.98. The average molecular weight is 356 g/mol. The molecule has 4 nitrogen and oxygen atoms in total. The predicted molar refractivity (Wildman–Crippen MR) is 90.3 cm³/mol. The van der Waals surface area contributed by atoms with Crippen LogP contribution in [-0.2, 0) is 4.79 Å². The largest absolute Gasteiger partial charge is 0.476 e. The van der Waals surface area contributed by atoms with Gasteiger partial charge >= 0.3 is 11.2 Å². The Morgan fingerprint density at radius 1 is 1.12 bits per heavy atom. The fraction of sp³-hybridized carbons (Fsp3) is 0.0556. The van der Waals surface area contributed by atoms with Gasteiger partial charge in [-0.15, -0.1) is 0 Å². The number of nitriles is 1. The standard InChI is InChI=1S/C18H10F2N2O2S/c19-18(20,17(23)24)25-16-10-22-8-7-15(16)14-6-5-11(9-21)12-3-1-2-4-13(12)14/h1-8,10H,(H,23,24). The molecule has 2 aromatic carbocycles. The molecule has 0 aliphatic rings. The molecule has 0 saturated carbocycles. The van der Waals surface area contributed by atoms with Crippen LogP contribution in [0.4, 0.5) is 8.78 Å². The van der Waals surface area contributed by atoms with E-state index in [9.17, 15) is 18.8 Å². The van der Waals surface area contributed by atoms with E-state index in [2.05, 4.69) is 11.1 Å². The molecule has 3 rings (SSSR count). The number of pyridine rings is 1. The minimum absolute atomic E-state index is 0.0461. The maximum absolute atomic E-state index is 13.7. The molecule has 124 valence electrons. The summed E-state index contributed by atoms with van der Waals surface area (Å²) in [6, 6.07) is 14.1. The Morgan fingerprint density at radius 2 is 1.84 bits per heavy atom. The number of alkyl halides is 2. The van der Waals surface area contributed by atoms with Crippen LogP contribution in [0.5, 0.6) is 0 Å². The number of carboxylic acids is 1. The van der Waals surface area contributed by atoms with Gasteiger partial charge in [-0.25, -0.2) is 4.79 Å². The molecule has 0 saturated heterocycles. The second kappa shape index (κ2) is 6.49. The van der Waals surface area contributed by atoms with E-state index in [0.29, 0.717) is 27.5 Å². The van der Waals surface area contributed by atoms with E-state index < -0.39 is 11.2 Å². The highest BCUT2D eigenvalue weighted by Crippen LogP contribution is 2.42. The molecule has 1 aromatic heterocycles. The molecule has 3 aromatic rings. The summed E-state index contributed by atoms with van der Waals surface area (Å²) in [5.41, 5.74) is 1.53. The van der Waals surface area contributed by atoms with Gasteiger partial charge in [0.2, 0.25) is 0 Å². The number of aromatic nitrogens is 1. The quantitative estimate of drug-likeness (QED) is 0.695. The minimum Gasteiger partial charge on any atom is -0.476 e. The summed E-state index contributed by atoms with van der Waals surface area (Å²) < 4.78 is 27.3. The molecule has 0 aliphatic heterocycles. The molecule has 1 N–H and O–H groups in total. The Balaban J connectivity index is 2.21. The van der Waals surface area contributed by atoms with Crippen molar-refractivity contribution in [1.29, 1.82) is 5.26 Å². The van der Waals surface area contributed by atoms with Gasteiger partial charge in [-0.3, -0.25) is 4.98 Å². The maximum atomic E-state index is 13.7. The molecular formula is C18H10F2N2O2S. The number of carboxylic acid groups (broad SMARTS) is 1. The first kappa shape index (κ1) is 16.9. The average Bonchev–Trinajstić information content (AvgIpc) is 2.61. The van der Waals surface area contributed by atoms with Gasteiger partial charge in [-0.1, -0.05) is 30.3 Å². The Morgan fingerprint density at radius 3 is 2.52 bits per heavy atom. The van der Waals surface area contributed by atoms with Gasteiger partial charge in [-0.2, -0.15) is 14.0 Å². The Kier molecular flexibility index (Phi) is 4.38. The lowest BCUT2D eigenvalue weighted by molar-refractivity contribution is -0.152. The summed E-state index contributed by atoms with van der Waals surface area (Å²) in [6.45, 7) is 0. The zero-order chi connectivity index (χ0) is 18.0. The Labute approximate surface area is 145 Å². The highest BCUT2D eigenvalue weighted by molar-refractivity contribution is 8.01. The molecule has 0 aliphatic carbocycles. The Bertz CT molecular complexity index is 1020. The number of hydrogen-bond donors (Lipinski definition) is 1. The third-order valence-corrected chi connectivity index (χ3v) is 4.58. The van der Waals surface area contributed by atoms with E-state index in [-0.39, 0.29) is 16.7 Å². The zero-order valence-electron chi connectivity index (χ0n) is 12.6. The fourth-order valence-corrected chi connectivity index (χ4v) is 3.26. The van der Waals surface area contributed by atoms with E-state index in [1.165, 1.54) is 12.4 Å². The zero-order valence-corrected chi connectivity index (χ0v) is 13.4. The van der Waals surface area contributed by atoms with Crippen LogP contribution in [0.15, 0.2) is 59.8 Å². The molecule has 0 spiro atoms. The van der Waals surface area contributed by atoms with Crippen molar-refractivity contribution in [3.63, 3.8) is 0 Å². The highest BCUT2D eigenvalue weighted by atomic mass is 32.2. The third kappa shape index (κ3) is 3.16. The molecule has 0 radical (unpaired) electrons. The van der Waals surface area contributed by atoms with Gasteiger partial charge in [-0.05, 0) is 40.4 Å². The summed E-state index contributed by atoms with van der Waals surface area (Å²) in [7, 11) is 0. The molecule has 1 heterocycles. The van der Waals surface area contributed by atoms with Gasteiger partial charge in [0.1, 0.15) is 0 Å². The molecule has 7 heteroatoms. The van der Waals surface area contributed by atoms with Gasteiger partial charge < -0.3 is 5.11 Å². The summed E-state index contributed by atoms with van der Waals surface area (Å²) in [6.07, 6.45) is 2.66. The van der Waals surface area contributed by atoms with Gasteiger partial charge in [0.05, 0.1) is 11.6 Å². The number of halogens is 2. The first-order valence-corrected chi connectivity index (χ1v) is 7.92. The van der Waals surface area contributed by atoms with Crippen molar-refractivity contribution in [2.24, 2.45) is 0 Å². The first-order valence-electron chi connectivity index (χ1n) is 7.10. The summed E-state index contributed by atoms with van der Waals surface area (Å²) in [4.78, 5) is 14.6. The van der Waals surface area contributed by atoms with Crippen LogP contribution in [0.3, 0.4) is 0 Å². The number of benzene rings is 2. The van der Waals surface area contributed by atoms with Crippen molar-refractivity contribution in [2.45, 2.75) is 10.2 Å². The van der Waals surface area contributed by atoms with Crippen LogP contribution in [0.2, 0.25) is 0 Å². The monoisotopic (exact) mass is 356 g/mol. The van der Waals surface area contributed by atoms with Crippen molar-refractivity contribution in [3.05, 3.63) is 60.4 Å². The lowest BCUT2D eigenvalue weighted by Crippen LogP contribution is -2.23. The SMILES string of the molecule is N#Cc1ccc(-c2ccncc2SC(F)(F)C(=O)O)c2ccccc12. The molecule has 0 unspecified atom stereocenters. The number of hydrogen-bond acceptors (Lipinski definition) is 4. The van der Waals surface area contributed by atoms with E-state index in [0.717, 1.165) is 0 Å². The predicted octanol–water partition coefficient (Wildman–Crippen LogP) is 4.54. The number of carbonyl (C=O) groups is 1. The summed E-state index contributed by atoms with van der Waals surface area (Å²) in [5.74, 6) is -2.21. The molecule has 0 amide bonds.